The van der Waals surface area contributed by atoms with Crippen LogP contribution in [0.15, 0.2) is 41.0 Å². The van der Waals surface area contributed by atoms with Gasteiger partial charge in [0, 0.05) is 11.6 Å². The number of rotatable bonds is 6. The van der Waals surface area contributed by atoms with Crippen LogP contribution in [0.4, 0.5) is 0 Å². The second kappa shape index (κ2) is 5.86. The average molecular weight is 283 g/mol. The molecular formula is C18H21NO2. The maximum atomic E-state index is 12.5. The number of benzene rings is 1. The molecule has 0 aliphatic heterocycles. The molecule has 3 nitrogen and oxygen atoms in total. The minimum atomic E-state index is 0.191. The fourth-order valence-corrected chi connectivity index (χ4v) is 2.55. The molecule has 1 aromatic heterocycles. The van der Waals surface area contributed by atoms with Gasteiger partial charge in [-0.15, -0.1) is 0 Å². The summed E-state index contributed by atoms with van der Waals surface area (Å²) in [4.78, 5) is 14.7. The molecule has 21 heavy (non-hydrogen) atoms. The number of carbonyl (C=O) groups excluding carboxylic acids is 1. The second-order valence-electron chi connectivity index (χ2n) is 5.94. The lowest BCUT2D eigenvalue weighted by Gasteiger charge is -2.20. The van der Waals surface area contributed by atoms with E-state index in [0.29, 0.717) is 19.1 Å². The van der Waals surface area contributed by atoms with Crippen molar-refractivity contribution < 1.29 is 9.21 Å². The van der Waals surface area contributed by atoms with Crippen molar-refractivity contribution in [2.24, 2.45) is 0 Å². The van der Waals surface area contributed by atoms with E-state index in [4.69, 9.17) is 4.42 Å². The third-order valence-electron chi connectivity index (χ3n) is 4.18. The number of hydrogen-bond donors (Lipinski definition) is 0. The molecule has 110 valence electrons. The SMILES string of the molecule is Cc1ccc(C(=O)CN(Cc2ccco2)C2CC2)cc1C. The third-order valence-corrected chi connectivity index (χ3v) is 4.18. The Morgan fingerprint density at radius 2 is 2.05 bits per heavy atom. The van der Waals surface area contributed by atoms with Gasteiger partial charge in [0.25, 0.3) is 0 Å². The Morgan fingerprint density at radius 1 is 1.24 bits per heavy atom. The number of Topliss-reactive ketones (excluding diaryl/α,β-unsaturated/α-hetero) is 1. The highest BCUT2D eigenvalue weighted by Crippen LogP contribution is 2.28. The third kappa shape index (κ3) is 3.42. The fraction of sp³-hybridized carbons (Fsp3) is 0.389. The highest BCUT2D eigenvalue weighted by Gasteiger charge is 2.31. The molecule has 1 aliphatic rings. The van der Waals surface area contributed by atoms with Gasteiger partial charge in [-0.25, -0.2) is 0 Å². The van der Waals surface area contributed by atoms with Crippen molar-refractivity contribution in [2.45, 2.75) is 39.3 Å². The number of ketones is 1. The Labute approximate surface area is 125 Å². The lowest BCUT2D eigenvalue weighted by Crippen LogP contribution is -2.31. The minimum absolute atomic E-state index is 0.191. The van der Waals surface area contributed by atoms with Gasteiger partial charge in [-0.1, -0.05) is 12.1 Å². The van der Waals surface area contributed by atoms with Crippen molar-refractivity contribution >= 4 is 5.78 Å². The molecular weight excluding hydrogens is 262 g/mol. The van der Waals surface area contributed by atoms with Gasteiger partial charge in [0.15, 0.2) is 5.78 Å². The van der Waals surface area contributed by atoms with Crippen molar-refractivity contribution in [1.82, 2.24) is 4.90 Å². The molecule has 0 amide bonds. The molecule has 1 heterocycles. The van der Waals surface area contributed by atoms with Crippen molar-refractivity contribution in [1.29, 1.82) is 0 Å². The van der Waals surface area contributed by atoms with E-state index in [0.717, 1.165) is 11.3 Å². The Bertz CT molecular complexity index is 627. The Kier molecular flexibility index (Phi) is 3.93. The maximum absolute atomic E-state index is 12.5. The van der Waals surface area contributed by atoms with Gasteiger partial charge in [-0.3, -0.25) is 9.69 Å². The molecule has 0 N–H and O–H groups in total. The molecule has 3 rings (SSSR count). The molecule has 1 saturated carbocycles. The van der Waals surface area contributed by atoms with E-state index in [1.54, 1.807) is 6.26 Å². The Balaban J connectivity index is 1.70. The predicted octanol–water partition coefficient (Wildman–Crippen LogP) is 3.74. The quantitative estimate of drug-likeness (QED) is 0.757. The molecule has 0 spiro atoms. The molecule has 1 fully saturated rings. The summed E-state index contributed by atoms with van der Waals surface area (Å²) in [5.74, 6) is 1.12. The van der Waals surface area contributed by atoms with Crippen LogP contribution in [0.1, 0.15) is 40.1 Å². The average Bonchev–Trinajstić information content (AvgIpc) is 3.19. The molecule has 1 aliphatic carbocycles. The number of carbonyl (C=O) groups is 1. The first-order valence-electron chi connectivity index (χ1n) is 7.50. The Hall–Kier alpha value is -1.87. The predicted molar refractivity (Wildman–Crippen MR) is 82.4 cm³/mol. The molecule has 2 aromatic rings. The van der Waals surface area contributed by atoms with Gasteiger partial charge in [0.05, 0.1) is 19.4 Å². The number of hydrogen-bond acceptors (Lipinski definition) is 3. The zero-order valence-electron chi connectivity index (χ0n) is 12.6. The molecule has 0 radical (unpaired) electrons. The zero-order valence-corrected chi connectivity index (χ0v) is 12.6. The number of furan rings is 1. The molecule has 0 bridgehead atoms. The molecule has 0 atom stereocenters. The summed E-state index contributed by atoms with van der Waals surface area (Å²) in [5.41, 5.74) is 3.20. The van der Waals surface area contributed by atoms with Crippen molar-refractivity contribution in [3.05, 3.63) is 59.0 Å². The van der Waals surface area contributed by atoms with Crippen LogP contribution >= 0.6 is 0 Å². The first-order chi connectivity index (χ1) is 10.1. The van der Waals surface area contributed by atoms with Crippen LogP contribution < -0.4 is 0 Å². The van der Waals surface area contributed by atoms with Crippen LogP contribution in [-0.2, 0) is 6.54 Å². The summed E-state index contributed by atoms with van der Waals surface area (Å²) in [5, 5.41) is 0. The van der Waals surface area contributed by atoms with E-state index in [1.165, 1.54) is 24.0 Å². The van der Waals surface area contributed by atoms with Crippen molar-refractivity contribution in [3.8, 4) is 0 Å². The Morgan fingerprint density at radius 3 is 2.67 bits per heavy atom. The summed E-state index contributed by atoms with van der Waals surface area (Å²) >= 11 is 0. The van der Waals surface area contributed by atoms with Crippen LogP contribution in [0.3, 0.4) is 0 Å². The number of nitrogens with zero attached hydrogens (tertiary/aromatic N) is 1. The van der Waals surface area contributed by atoms with Gasteiger partial charge in [0.2, 0.25) is 0 Å². The van der Waals surface area contributed by atoms with Crippen molar-refractivity contribution in [2.75, 3.05) is 6.54 Å². The van der Waals surface area contributed by atoms with Crippen LogP contribution in [0.2, 0.25) is 0 Å². The smallest absolute Gasteiger partial charge is 0.176 e. The molecule has 0 saturated heterocycles. The van der Waals surface area contributed by atoms with Crippen LogP contribution in [0, 0.1) is 13.8 Å². The maximum Gasteiger partial charge on any atom is 0.176 e. The number of aryl methyl sites for hydroxylation is 2. The van der Waals surface area contributed by atoms with E-state index in [2.05, 4.69) is 11.8 Å². The lowest BCUT2D eigenvalue weighted by atomic mass is 10.0. The topological polar surface area (TPSA) is 33.5 Å². The van der Waals surface area contributed by atoms with Crippen molar-refractivity contribution in [3.63, 3.8) is 0 Å². The minimum Gasteiger partial charge on any atom is -0.468 e. The van der Waals surface area contributed by atoms with Gasteiger partial charge < -0.3 is 4.42 Å². The van der Waals surface area contributed by atoms with Gasteiger partial charge in [0.1, 0.15) is 5.76 Å². The van der Waals surface area contributed by atoms with E-state index in [1.807, 2.05) is 37.3 Å². The first-order valence-corrected chi connectivity index (χ1v) is 7.50. The summed E-state index contributed by atoms with van der Waals surface area (Å²) in [7, 11) is 0. The van der Waals surface area contributed by atoms with Crippen LogP contribution in [-0.4, -0.2) is 23.3 Å². The standard InChI is InChI=1S/C18H21NO2/c1-13-5-6-15(10-14(13)2)18(20)12-19(16-7-8-16)11-17-4-3-9-21-17/h3-6,9-10,16H,7-8,11-12H2,1-2H3. The molecule has 0 unspecified atom stereocenters. The first kappa shape index (κ1) is 14.1. The molecule has 1 aromatic carbocycles. The monoisotopic (exact) mass is 283 g/mol. The van der Waals surface area contributed by atoms with E-state index < -0.39 is 0 Å². The fourth-order valence-electron chi connectivity index (χ4n) is 2.55. The van der Waals surface area contributed by atoms with Crippen LogP contribution in [0.5, 0.6) is 0 Å². The lowest BCUT2D eigenvalue weighted by molar-refractivity contribution is 0.0913. The summed E-state index contributed by atoms with van der Waals surface area (Å²) in [6.45, 7) is 5.30. The second-order valence-corrected chi connectivity index (χ2v) is 5.94. The summed E-state index contributed by atoms with van der Waals surface area (Å²) in [6, 6.07) is 10.3. The summed E-state index contributed by atoms with van der Waals surface area (Å²) in [6.07, 6.45) is 4.05. The highest BCUT2D eigenvalue weighted by atomic mass is 16.3. The largest absolute Gasteiger partial charge is 0.468 e. The van der Waals surface area contributed by atoms with E-state index in [9.17, 15) is 4.79 Å². The van der Waals surface area contributed by atoms with Gasteiger partial charge >= 0.3 is 0 Å². The van der Waals surface area contributed by atoms with Gasteiger partial charge in [-0.2, -0.15) is 0 Å². The summed E-state index contributed by atoms with van der Waals surface area (Å²) < 4.78 is 5.41. The van der Waals surface area contributed by atoms with Crippen LogP contribution in [0.25, 0.3) is 0 Å². The zero-order chi connectivity index (χ0) is 14.8. The van der Waals surface area contributed by atoms with Gasteiger partial charge in [-0.05, 0) is 56.0 Å². The van der Waals surface area contributed by atoms with E-state index >= 15 is 0 Å². The van der Waals surface area contributed by atoms with E-state index in [-0.39, 0.29) is 5.78 Å². The molecule has 3 heteroatoms. The highest BCUT2D eigenvalue weighted by molar-refractivity contribution is 5.97. The normalized spacial score (nSPS) is 14.6.